The molecule has 0 atom stereocenters. The van der Waals surface area contributed by atoms with Crippen LogP contribution in [0.25, 0.3) is 21.5 Å². The van der Waals surface area contributed by atoms with Gasteiger partial charge in [0.05, 0.1) is 0 Å². The molecule has 0 nitrogen and oxygen atoms in total. The Hall–Kier alpha value is -1.82. The van der Waals surface area contributed by atoms with Gasteiger partial charge in [-0.15, -0.1) is 0 Å². The molecule has 0 radical (unpaired) electrons. The van der Waals surface area contributed by atoms with Crippen molar-refractivity contribution in [1.82, 2.24) is 0 Å². The Morgan fingerprint density at radius 1 is 0.824 bits per heavy atom. The second kappa shape index (κ2) is 3.89. The molecule has 3 rings (SSSR count). The summed E-state index contributed by atoms with van der Waals surface area (Å²) < 4.78 is 0. The summed E-state index contributed by atoms with van der Waals surface area (Å²) in [6.45, 7) is 4.45. The highest BCUT2D eigenvalue weighted by Gasteiger charge is 2.03. The second-order valence-electron chi connectivity index (χ2n) is 4.62. The molecule has 0 aliphatic carbocycles. The lowest BCUT2D eigenvalue weighted by molar-refractivity contribution is 1.12. The zero-order valence-corrected chi connectivity index (χ0v) is 10.3. The van der Waals surface area contributed by atoms with Crippen LogP contribution in [0.4, 0.5) is 0 Å². The molecule has 0 unspecified atom stereocenters. The Bertz CT molecular complexity index is 693. The van der Waals surface area contributed by atoms with E-state index in [0.717, 1.165) is 6.42 Å². The minimum Gasteiger partial charge on any atom is -0.0616 e. The molecule has 0 aliphatic rings. The fourth-order valence-electron chi connectivity index (χ4n) is 2.59. The molecule has 3 aromatic rings. The second-order valence-corrected chi connectivity index (χ2v) is 4.62. The van der Waals surface area contributed by atoms with Gasteiger partial charge in [0.15, 0.2) is 0 Å². The topological polar surface area (TPSA) is 0 Å². The fourth-order valence-corrected chi connectivity index (χ4v) is 2.59. The van der Waals surface area contributed by atoms with Gasteiger partial charge in [0.25, 0.3) is 0 Å². The summed E-state index contributed by atoms with van der Waals surface area (Å²) in [5.74, 6) is 0. The van der Waals surface area contributed by atoms with Gasteiger partial charge in [-0.3, -0.25) is 0 Å². The third-order valence-electron chi connectivity index (χ3n) is 3.65. The normalized spacial score (nSPS) is 11.2. The first-order chi connectivity index (χ1) is 8.29. The number of benzene rings is 3. The molecule has 84 valence electrons. The highest BCUT2D eigenvalue weighted by molar-refractivity contribution is 5.99. The maximum atomic E-state index is 2.32. The van der Waals surface area contributed by atoms with Gasteiger partial charge in [-0.2, -0.15) is 0 Å². The summed E-state index contributed by atoms with van der Waals surface area (Å²) in [6.07, 6.45) is 1.11. The van der Waals surface area contributed by atoms with Crippen LogP contribution in [0.1, 0.15) is 18.1 Å². The average Bonchev–Trinajstić information content (AvgIpc) is 2.37. The third kappa shape index (κ3) is 1.61. The molecule has 0 fully saturated rings. The largest absolute Gasteiger partial charge is 0.0616 e. The molecule has 0 heteroatoms. The molecule has 17 heavy (non-hydrogen) atoms. The lowest BCUT2D eigenvalue weighted by Crippen LogP contribution is -1.88. The Morgan fingerprint density at radius 2 is 1.53 bits per heavy atom. The zero-order chi connectivity index (χ0) is 11.8. The summed E-state index contributed by atoms with van der Waals surface area (Å²) in [5, 5.41) is 5.39. The quantitative estimate of drug-likeness (QED) is 0.513. The number of hydrogen-bond donors (Lipinski definition) is 0. The van der Waals surface area contributed by atoms with Crippen LogP contribution in [-0.4, -0.2) is 0 Å². The van der Waals surface area contributed by atoms with Crippen molar-refractivity contribution in [2.75, 3.05) is 0 Å². The third-order valence-corrected chi connectivity index (χ3v) is 3.65. The van der Waals surface area contributed by atoms with Crippen LogP contribution in [0.5, 0.6) is 0 Å². The van der Waals surface area contributed by atoms with E-state index < -0.39 is 0 Å². The van der Waals surface area contributed by atoms with Gasteiger partial charge in [0, 0.05) is 0 Å². The van der Waals surface area contributed by atoms with Crippen molar-refractivity contribution in [2.24, 2.45) is 0 Å². The monoisotopic (exact) mass is 220 g/mol. The molecule has 0 heterocycles. The van der Waals surface area contributed by atoms with Gasteiger partial charge >= 0.3 is 0 Å². The van der Waals surface area contributed by atoms with Crippen molar-refractivity contribution in [3.05, 3.63) is 59.7 Å². The van der Waals surface area contributed by atoms with Crippen LogP contribution in [0.2, 0.25) is 0 Å². The molecule has 3 aromatic carbocycles. The van der Waals surface area contributed by atoms with Crippen LogP contribution in [0, 0.1) is 6.92 Å². The van der Waals surface area contributed by atoms with Gasteiger partial charge in [-0.05, 0) is 58.1 Å². The van der Waals surface area contributed by atoms with Crippen molar-refractivity contribution in [3.8, 4) is 0 Å². The molecule has 0 N–H and O–H groups in total. The summed E-state index contributed by atoms with van der Waals surface area (Å²) in [7, 11) is 0. The summed E-state index contributed by atoms with van der Waals surface area (Å²) in [5.41, 5.74) is 2.88. The van der Waals surface area contributed by atoms with Crippen molar-refractivity contribution < 1.29 is 0 Å². The van der Waals surface area contributed by atoms with Gasteiger partial charge in [-0.1, -0.05) is 43.3 Å². The minimum atomic E-state index is 1.11. The van der Waals surface area contributed by atoms with Crippen molar-refractivity contribution in [1.29, 1.82) is 0 Å². The van der Waals surface area contributed by atoms with Crippen molar-refractivity contribution >= 4 is 21.5 Å². The minimum absolute atomic E-state index is 1.11. The van der Waals surface area contributed by atoms with Crippen molar-refractivity contribution in [2.45, 2.75) is 20.3 Å². The van der Waals surface area contributed by atoms with E-state index in [1.807, 2.05) is 0 Å². The molecule has 0 bridgehead atoms. The van der Waals surface area contributed by atoms with E-state index in [1.54, 1.807) is 0 Å². The SMILES string of the molecule is CCc1ccc2cc3ccccc3cc2c1C. The Kier molecular flexibility index (Phi) is 2.36. The predicted molar refractivity (Wildman–Crippen MR) is 75.6 cm³/mol. The summed E-state index contributed by atoms with van der Waals surface area (Å²) >= 11 is 0. The van der Waals surface area contributed by atoms with Crippen LogP contribution in [0.15, 0.2) is 48.5 Å². The van der Waals surface area contributed by atoms with E-state index in [0.29, 0.717) is 0 Å². The number of hydrogen-bond acceptors (Lipinski definition) is 0. The van der Waals surface area contributed by atoms with E-state index in [1.165, 1.54) is 32.7 Å². The molecule has 0 amide bonds. The molecule has 0 spiro atoms. The maximum Gasteiger partial charge on any atom is -0.0146 e. The van der Waals surface area contributed by atoms with Gasteiger partial charge in [0.2, 0.25) is 0 Å². The van der Waals surface area contributed by atoms with Crippen LogP contribution in [0.3, 0.4) is 0 Å². The predicted octanol–water partition coefficient (Wildman–Crippen LogP) is 4.86. The summed E-state index contributed by atoms with van der Waals surface area (Å²) in [6, 6.07) is 17.7. The van der Waals surface area contributed by atoms with Crippen LogP contribution < -0.4 is 0 Å². The summed E-state index contributed by atoms with van der Waals surface area (Å²) in [4.78, 5) is 0. The average molecular weight is 220 g/mol. The van der Waals surface area contributed by atoms with E-state index >= 15 is 0 Å². The number of aryl methyl sites for hydroxylation is 2. The van der Waals surface area contributed by atoms with Gasteiger partial charge < -0.3 is 0 Å². The molecule has 0 aromatic heterocycles. The Morgan fingerprint density at radius 3 is 2.24 bits per heavy atom. The maximum absolute atomic E-state index is 2.32. The number of fused-ring (bicyclic) bond motifs is 2. The first kappa shape index (κ1) is 10.3. The molecule has 0 aliphatic heterocycles. The fraction of sp³-hybridized carbons (Fsp3) is 0.176. The van der Waals surface area contributed by atoms with E-state index in [2.05, 4.69) is 62.4 Å². The van der Waals surface area contributed by atoms with Crippen LogP contribution in [-0.2, 0) is 6.42 Å². The zero-order valence-electron chi connectivity index (χ0n) is 10.3. The standard InChI is InChI=1S/C17H16/c1-3-13-8-9-16-10-14-6-4-5-7-15(14)11-17(16)12(13)2/h4-11H,3H2,1-2H3. The molecular formula is C17H16. The lowest BCUT2D eigenvalue weighted by atomic mass is 9.96. The molecular weight excluding hydrogens is 204 g/mol. The van der Waals surface area contributed by atoms with Gasteiger partial charge in [-0.25, -0.2) is 0 Å². The highest BCUT2D eigenvalue weighted by Crippen LogP contribution is 2.27. The smallest absolute Gasteiger partial charge is 0.0146 e. The van der Waals surface area contributed by atoms with E-state index in [-0.39, 0.29) is 0 Å². The van der Waals surface area contributed by atoms with Crippen LogP contribution >= 0.6 is 0 Å². The van der Waals surface area contributed by atoms with Crippen molar-refractivity contribution in [3.63, 3.8) is 0 Å². The molecule has 0 saturated carbocycles. The van der Waals surface area contributed by atoms with E-state index in [9.17, 15) is 0 Å². The Labute approximate surface area is 102 Å². The highest BCUT2D eigenvalue weighted by atomic mass is 14.1. The first-order valence-corrected chi connectivity index (χ1v) is 6.20. The Balaban J connectivity index is 2.44. The van der Waals surface area contributed by atoms with Gasteiger partial charge in [0.1, 0.15) is 0 Å². The first-order valence-electron chi connectivity index (χ1n) is 6.20. The lowest BCUT2D eigenvalue weighted by Gasteiger charge is -2.09. The molecule has 0 saturated heterocycles. The van der Waals surface area contributed by atoms with E-state index in [4.69, 9.17) is 0 Å². The number of rotatable bonds is 1.